The number of fused-ring (bicyclic) bond motifs is 4. The van der Waals surface area contributed by atoms with Crippen LogP contribution in [0.1, 0.15) is 36.3 Å². The van der Waals surface area contributed by atoms with Gasteiger partial charge in [0.1, 0.15) is 30.0 Å². The van der Waals surface area contributed by atoms with E-state index in [0.29, 0.717) is 43.7 Å². The molecule has 12 heteroatoms. The van der Waals surface area contributed by atoms with Crippen molar-refractivity contribution < 1.29 is 23.8 Å². The Morgan fingerprint density at radius 2 is 2.10 bits per heavy atom. The average Bonchev–Trinajstić information content (AvgIpc) is 3.54. The number of urea groups is 1. The SMILES string of the molecule is CC1(C)OCC(COc2ccnc(NC(=O)N3c4nc(C(=O)NCc5cccnc5)ccc4N4CC[C@H]3C4)c2)O1. The maximum Gasteiger partial charge on any atom is 0.329 e. The maximum atomic E-state index is 13.6. The second kappa shape index (κ2) is 10.7. The molecule has 208 valence electrons. The minimum Gasteiger partial charge on any atom is -0.491 e. The summed E-state index contributed by atoms with van der Waals surface area (Å²) < 4.78 is 17.2. The molecular formula is C28H31N7O5. The van der Waals surface area contributed by atoms with Gasteiger partial charge >= 0.3 is 6.03 Å². The molecule has 12 nitrogen and oxygen atoms in total. The van der Waals surface area contributed by atoms with E-state index in [1.54, 1.807) is 41.7 Å². The predicted octanol–water partition coefficient (Wildman–Crippen LogP) is 2.96. The summed E-state index contributed by atoms with van der Waals surface area (Å²) >= 11 is 0. The van der Waals surface area contributed by atoms with Crippen LogP contribution in [0.4, 0.5) is 22.1 Å². The molecule has 3 aliphatic heterocycles. The van der Waals surface area contributed by atoms with Gasteiger partial charge in [0.25, 0.3) is 5.91 Å². The minimum atomic E-state index is -0.625. The molecule has 3 aromatic rings. The van der Waals surface area contributed by atoms with E-state index in [2.05, 4.69) is 30.5 Å². The van der Waals surface area contributed by atoms with Crippen LogP contribution >= 0.6 is 0 Å². The number of hydrogen-bond acceptors (Lipinski definition) is 9. The number of ether oxygens (including phenoxy) is 3. The van der Waals surface area contributed by atoms with Gasteiger partial charge in [0.15, 0.2) is 11.6 Å². The number of nitrogens with one attached hydrogen (secondary N) is 2. The van der Waals surface area contributed by atoms with Crippen molar-refractivity contribution in [1.82, 2.24) is 20.3 Å². The highest BCUT2D eigenvalue weighted by Gasteiger charge is 2.40. The summed E-state index contributed by atoms with van der Waals surface area (Å²) in [4.78, 5) is 43.3. The van der Waals surface area contributed by atoms with Crippen molar-refractivity contribution in [1.29, 1.82) is 0 Å². The van der Waals surface area contributed by atoms with Gasteiger partial charge in [0.05, 0.1) is 18.3 Å². The fraction of sp³-hybridized carbons (Fsp3) is 0.393. The van der Waals surface area contributed by atoms with Crippen molar-refractivity contribution in [2.75, 3.05) is 41.4 Å². The highest BCUT2D eigenvalue weighted by molar-refractivity contribution is 6.05. The summed E-state index contributed by atoms with van der Waals surface area (Å²) in [5.41, 5.74) is 1.93. The van der Waals surface area contributed by atoms with Crippen LogP contribution in [-0.2, 0) is 16.0 Å². The predicted molar refractivity (Wildman–Crippen MR) is 146 cm³/mol. The summed E-state index contributed by atoms with van der Waals surface area (Å²) in [6.07, 6.45) is 5.56. The largest absolute Gasteiger partial charge is 0.491 e. The molecule has 0 aromatic carbocycles. The molecule has 2 bridgehead atoms. The zero-order chi connectivity index (χ0) is 27.7. The van der Waals surface area contributed by atoms with Gasteiger partial charge < -0.3 is 24.4 Å². The molecule has 0 saturated carbocycles. The third kappa shape index (κ3) is 5.54. The Kier molecular flexibility index (Phi) is 6.95. The summed E-state index contributed by atoms with van der Waals surface area (Å²) in [5.74, 6) is 0.397. The minimum absolute atomic E-state index is 0.0731. The molecule has 2 fully saturated rings. The van der Waals surface area contributed by atoms with Gasteiger partial charge in [0.2, 0.25) is 0 Å². The van der Waals surface area contributed by atoms with Crippen molar-refractivity contribution >= 4 is 29.3 Å². The topological polar surface area (TPSA) is 131 Å². The van der Waals surface area contributed by atoms with Crippen LogP contribution in [0.3, 0.4) is 0 Å². The molecule has 2 saturated heterocycles. The molecule has 2 atom stereocenters. The summed E-state index contributed by atoms with van der Waals surface area (Å²) in [6, 6.07) is 10.2. The van der Waals surface area contributed by atoms with E-state index in [1.165, 1.54) is 0 Å². The molecule has 3 aromatic heterocycles. The van der Waals surface area contributed by atoms with Gasteiger partial charge in [0, 0.05) is 44.3 Å². The molecule has 1 unspecified atom stereocenters. The van der Waals surface area contributed by atoms with Crippen LogP contribution in [0.5, 0.6) is 5.75 Å². The van der Waals surface area contributed by atoms with Gasteiger partial charge in [-0.3, -0.25) is 20.0 Å². The highest BCUT2D eigenvalue weighted by Crippen LogP contribution is 2.39. The van der Waals surface area contributed by atoms with Crippen molar-refractivity contribution in [3.63, 3.8) is 0 Å². The van der Waals surface area contributed by atoms with Crippen LogP contribution in [0.2, 0.25) is 0 Å². The monoisotopic (exact) mass is 545 g/mol. The Balaban J connectivity index is 1.15. The maximum absolute atomic E-state index is 13.6. The van der Waals surface area contributed by atoms with Crippen LogP contribution < -0.4 is 25.2 Å². The summed E-state index contributed by atoms with van der Waals surface area (Å²) in [7, 11) is 0. The van der Waals surface area contributed by atoms with Crippen LogP contribution in [0, 0.1) is 0 Å². The number of anilines is 3. The Labute approximate surface area is 231 Å². The lowest BCUT2D eigenvalue weighted by Crippen LogP contribution is -2.48. The fourth-order valence-corrected chi connectivity index (χ4v) is 5.15. The number of nitrogens with zero attached hydrogens (tertiary/aromatic N) is 5. The van der Waals surface area contributed by atoms with Crippen LogP contribution in [0.15, 0.2) is 55.0 Å². The lowest BCUT2D eigenvalue weighted by molar-refractivity contribution is -0.141. The lowest BCUT2D eigenvalue weighted by Gasteiger charge is -2.35. The Hall–Kier alpha value is -4.29. The number of aromatic nitrogens is 3. The molecule has 0 aliphatic carbocycles. The Morgan fingerprint density at radius 3 is 2.90 bits per heavy atom. The zero-order valence-corrected chi connectivity index (χ0v) is 22.4. The number of carbonyl (C=O) groups excluding carboxylic acids is 2. The quantitative estimate of drug-likeness (QED) is 0.460. The standard InChI is InChI=1S/C28H31N7O5/c1-28(2)39-17-21(40-28)16-38-20-7-10-30-24(12-20)33-27(37)35-19-8-11-34(15-19)23-6-5-22(32-25(23)35)26(36)31-14-18-4-3-9-29-13-18/h3-7,9-10,12-13,19,21H,8,11,14-17H2,1-2H3,(H,31,36)(H,30,33,37)/t19-,21?/m0/s1. The van der Waals surface area contributed by atoms with E-state index >= 15 is 0 Å². The van der Waals surface area contributed by atoms with Gasteiger partial charge in [-0.1, -0.05) is 6.07 Å². The Morgan fingerprint density at radius 1 is 1.20 bits per heavy atom. The average molecular weight is 546 g/mol. The van der Waals surface area contributed by atoms with E-state index in [9.17, 15) is 9.59 Å². The zero-order valence-electron chi connectivity index (χ0n) is 22.4. The molecular weight excluding hydrogens is 514 g/mol. The molecule has 3 amide bonds. The first-order chi connectivity index (χ1) is 19.3. The molecule has 0 radical (unpaired) electrons. The smallest absolute Gasteiger partial charge is 0.329 e. The van der Waals surface area contributed by atoms with E-state index in [4.69, 9.17) is 14.2 Å². The van der Waals surface area contributed by atoms with E-state index in [0.717, 1.165) is 24.2 Å². The van der Waals surface area contributed by atoms with Gasteiger partial charge in [-0.05, 0) is 50.1 Å². The Bertz CT molecular complexity index is 1400. The van der Waals surface area contributed by atoms with Crippen molar-refractivity contribution in [2.24, 2.45) is 0 Å². The molecule has 2 N–H and O–H groups in total. The first kappa shape index (κ1) is 26.0. The van der Waals surface area contributed by atoms with Crippen molar-refractivity contribution in [3.8, 4) is 5.75 Å². The number of carbonyl (C=O) groups is 2. The number of rotatable bonds is 7. The molecule has 3 aliphatic rings. The van der Waals surface area contributed by atoms with Crippen LogP contribution in [0.25, 0.3) is 0 Å². The van der Waals surface area contributed by atoms with E-state index in [-0.39, 0.29) is 29.8 Å². The van der Waals surface area contributed by atoms with E-state index < -0.39 is 5.79 Å². The second-order valence-corrected chi connectivity index (χ2v) is 10.4. The number of hydrogen-bond donors (Lipinski definition) is 2. The number of amides is 3. The van der Waals surface area contributed by atoms with Crippen molar-refractivity contribution in [2.45, 2.75) is 44.7 Å². The van der Waals surface area contributed by atoms with E-state index in [1.807, 2.05) is 32.0 Å². The van der Waals surface area contributed by atoms with Crippen molar-refractivity contribution in [3.05, 3.63) is 66.2 Å². The molecule has 0 spiro atoms. The third-order valence-electron chi connectivity index (χ3n) is 7.05. The lowest BCUT2D eigenvalue weighted by atomic mass is 10.1. The normalized spacial score (nSPS) is 20.6. The van der Waals surface area contributed by atoms with Gasteiger partial charge in [-0.2, -0.15) is 0 Å². The molecule has 40 heavy (non-hydrogen) atoms. The first-order valence-corrected chi connectivity index (χ1v) is 13.3. The fourth-order valence-electron chi connectivity index (χ4n) is 5.15. The van der Waals surface area contributed by atoms with Gasteiger partial charge in [-0.25, -0.2) is 14.8 Å². The molecule has 6 rings (SSSR count). The van der Waals surface area contributed by atoms with Crippen LogP contribution in [-0.4, -0.2) is 71.1 Å². The summed E-state index contributed by atoms with van der Waals surface area (Å²) in [6.45, 7) is 6.32. The molecule has 6 heterocycles. The highest BCUT2D eigenvalue weighted by atomic mass is 16.7. The summed E-state index contributed by atoms with van der Waals surface area (Å²) in [5, 5.41) is 5.76. The number of pyridine rings is 3. The first-order valence-electron chi connectivity index (χ1n) is 13.3. The second-order valence-electron chi connectivity index (χ2n) is 10.4. The van der Waals surface area contributed by atoms with Gasteiger partial charge in [-0.15, -0.1) is 0 Å². The third-order valence-corrected chi connectivity index (χ3v) is 7.05.